The van der Waals surface area contributed by atoms with Crippen molar-refractivity contribution < 1.29 is 29.0 Å². The third-order valence-electron chi connectivity index (χ3n) is 5.50. The topological polar surface area (TPSA) is 113 Å². The lowest BCUT2D eigenvalue weighted by atomic mass is 10.0. The van der Waals surface area contributed by atoms with Crippen LogP contribution in [0.4, 0.5) is 4.79 Å². The number of aryl methyl sites for hydroxylation is 1. The van der Waals surface area contributed by atoms with E-state index in [0.29, 0.717) is 35.8 Å². The van der Waals surface area contributed by atoms with E-state index in [1.165, 1.54) is 4.90 Å². The Labute approximate surface area is 190 Å². The molecule has 8 nitrogen and oxygen atoms in total. The molecule has 0 saturated carbocycles. The largest absolute Gasteiger partial charge is 0.493 e. The minimum absolute atomic E-state index is 0.0945. The molecule has 3 aromatic rings. The van der Waals surface area contributed by atoms with Crippen molar-refractivity contribution in [2.45, 2.75) is 19.8 Å². The minimum atomic E-state index is -1.07. The smallest absolute Gasteiger partial charge is 0.407 e. The number of aromatic nitrogens is 1. The van der Waals surface area contributed by atoms with Crippen LogP contribution in [0.2, 0.25) is 0 Å². The Hall–Kier alpha value is -4.07. The average molecular weight is 448 g/mol. The van der Waals surface area contributed by atoms with E-state index in [1.54, 1.807) is 0 Å². The Morgan fingerprint density at radius 3 is 2.55 bits per heavy atom. The van der Waals surface area contributed by atoms with Crippen LogP contribution in [-0.4, -0.2) is 51.9 Å². The maximum absolute atomic E-state index is 11.4. The van der Waals surface area contributed by atoms with Crippen molar-refractivity contribution in [2.24, 2.45) is 0 Å². The molecule has 0 spiro atoms. The van der Waals surface area contributed by atoms with Gasteiger partial charge in [0.25, 0.3) is 0 Å². The van der Waals surface area contributed by atoms with Crippen LogP contribution in [0.5, 0.6) is 5.75 Å². The molecule has 1 aromatic heterocycles. The van der Waals surface area contributed by atoms with Crippen molar-refractivity contribution in [3.05, 3.63) is 77.2 Å². The number of ether oxygens (including phenoxy) is 1. The minimum Gasteiger partial charge on any atom is -0.493 e. The molecule has 1 aliphatic rings. The van der Waals surface area contributed by atoms with E-state index in [-0.39, 0.29) is 19.5 Å². The van der Waals surface area contributed by atoms with Gasteiger partial charge in [0.1, 0.15) is 11.5 Å². The highest BCUT2D eigenvalue weighted by Crippen LogP contribution is 2.31. The van der Waals surface area contributed by atoms with Crippen molar-refractivity contribution in [3.8, 4) is 17.2 Å². The molecule has 0 radical (unpaired) electrons. The molecule has 0 atom stereocenters. The maximum atomic E-state index is 11.4. The predicted molar refractivity (Wildman–Crippen MR) is 121 cm³/mol. The van der Waals surface area contributed by atoms with Crippen LogP contribution in [-0.2, 0) is 11.2 Å². The van der Waals surface area contributed by atoms with Crippen LogP contribution in [0.1, 0.15) is 23.4 Å². The van der Waals surface area contributed by atoms with E-state index in [4.69, 9.17) is 9.15 Å². The van der Waals surface area contributed by atoms with E-state index < -0.39 is 12.1 Å². The van der Waals surface area contributed by atoms with Gasteiger partial charge in [-0.3, -0.25) is 9.69 Å². The first-order chi connectivity index (χ1) is 15.9. The second kappa shape index (κ2) is 9.60. The van der Waals surface area contributed by atoms with Gasteiger partial charge in [0, 0.05) is 25.1 Å². The molecule has 4 rings (SSSR count). The molecule has 0 aliphatic carbocycles. The SMILES string of the molecule is Cc1oc(-c2ccccc2)nc1CCOc1cccc(C2=C(CC(=O)O)CN(C(=O)O)C2)c1. The zero-order chi connectivity index (χ0) is 23.4. The van der Waals surface area contributed by atoms with Gasteiger partial charge in [0.15, 0.2) is 0 Å². The summed E-state index contributed by atoms with van der Waals surface area (Å²) in [5, 5.41) is 18.5. The van der Waals surface area contributed by atoms with Crippen LogP contribution < -0.4 is 4.74 Å². The molecule has 2 heterocycles. The van der Waals surface area contributed by atoms with Crippen LogP contribution >= 0.6 is 0 Å². The summed E-state index contributed by atoms with van der Waals surface area (Å²) >= 11 is 0. The van der Waals surface area contributed by atoms with Gasteiger partial charge in [-0.1, -0.05) is 30.3 Å². The lowest BCUT2D eigenvalue weighted by molar-refractivity contribution is -0.136. The number of aliphatic carboxylic acids is 1. The number of hydrogen-bond donors (Lipinski definition) is 2. The van der Waals surface area contributed by atoms with E-state index >= 15 is 0 Å². The van der Waals surface area contributed by atoms with E-state index in [2.05, 4.69) is 4.98 Å². The molecule has 0 bridgehead atoms. The molecule has 2 N–H and O–H groups in total. The molecular formula is C25H24N2O6. The number of benzene rings is 2. The number of carbonyl (C=O) groups is 2. The third-order valence-corrected chi connectivity index (χ3v) is 5.50. The summed E-state index contributed by atoms with van der Waals surface area (Å²) in [6, 6.07) is 17.0. The fourth-order valence-corrected chi connectivity index (χ4v) is 3.86. The Balaban J connectivity index is 1.44. The molecule has 0 saturated heterocycles. The van der Waals surface area contributed by atoms with Gasteiger partial charge < -0.3 is 19.4 Å². The number of hydrogen-bond acceptors (Lipinski definition) is 5. The molecule has 0 unspecified atom stereocenters. The van der Waals surface area contributed by atoms with Gasteiger partial charge >= 0.3 is 12.1 Å². The monoisotopic (exact) mass is 448 g/mol. The summed E-state index contributed by atoms with van der Waals surface area (Å²) in [7, 11) is 0. The van der Waals surface area contributed by atoms with Gasteiger partial charge in [0.05, 0.1) is 18.7 Å². The standard InChI is InChI=1S/C25H24N2O6/c1-16-22(26-24(33-16)17-6-3-2-4-7-17)10-11-32-20-9-5-8-18(12-20)21-15-27(25(30)31)14-19(21)13-23(28)29/h2-9,12H,10-11,13-15H2,1H3,(H,28,29)(H,30,31). The van der Waals surface area contributed by atoms with Gasteiger partial charge in [-0.15, -0.1) is 0 Å². The second-order valence-corrected chi connectivity index (χ2v) is 7.81. The number of carboxylic acids is 1. The number of carboxylic acid groups (broad SMARTS) is 2. The number of oxazole rings is 1. The van der Waals surface area contributed by atoms with Crippen LogP contribution in [0.15, 0.2) is 64.6 Å². The second-order valence-electron chi connectivity index (χ2n) is 7.81. The van der Waals surface area contributed by atoms with Crippen molar-refractivity contribution in [1.82, 2.24) is 9.88 Å². The van der Waals surface area contributed by atoms with Gasteiger partial charge in [-0.2, -0.15) is 0 Å². The molecule has 1 aliphatic heterocycles. The first-order valence-electron chi connectivity index (χ1n) is 10.6. The highest BCUT2D eigenvalue weighted by Gasteiger charge is 2.27. The van der Waals surface area contributed by atoms with Crippen LogP contribution in [0.3, 0.4) is 0 Å². The molecular weight excluding hydrogens is 424 g/mol. The van der Waals surface area contributed by atoms with Crippen molar-refractivity contribution in [2.75, 3.05) is 19.7 Å². The van der Waals surface area contributed by atoms with Gasteiger partial charge in [-0.25, -0.2) is 9.78 Å². The summed E-state index contributed by atoms with van der Waals surface area (Å²) in [4.78, 5) is 28.4. The number of amides is 1. The summed E-state index contributed by atoms with van der Waals surface area (Å²) in [6.45, 7) is 2.51. The highest BCUT2D eigenvalue weighted by molar-refractivity contribution is 5.83. The maximum Gasteiger partial charge on any atom is 0.407 e. The first-order valence-corrected chi connectivity index (χ1v) is 10.6. The van der Waals surface area contributed by atoms with Gasteiger partial charge in [0.2, 0.25) is 5.89 Å². The fourth-order valence-electron chi connectivity index (χ4n) is 3.86. The zero-order valence-electron chi connectivity index (χ0n) is 18.2. The van der Waals surface area contributed by atoms with Crippen molar-refractivity contribution in [3.63, 3.8) is 0 Å². The Kier molecular flexibility index (Phi) is 6.44. The molecule has 2 aromatic carbocycles. The third kappa shape index (κ3) is 5.23. The number of nitrogens with zero attached hydrogens (tertiary/aromatic N) is 2. The normalized spacial score (nSPS) is 13.4. The quantitative estimate of drug-likeness (QED) is 0.522. The van der Waals surface area contributed by atoms with Gasteiger partial charge in [-0.05, 0) is 47.9 Å². The summed E-state index contributed by atoms with van der Waals surface area (Å²) in [5.41, 5.74) is 3.80. The zero-order valence-corrected chi connectivity index (χ0v) is 18.2. The molecule has 8 heteroatoms. The van der Waals surface area contributed by atoms with Crippen LogP contribution in [0, 0.1) is 6.92 Å². The molecule has 170 valence electrons. The summed E-state index contributed by atoms with van der Waals surface area (Å²) in [5.74, 6) is 0.953. The van der Waals surface area contributed by atoms with Crippen molar-refractivity contribution >= 4 is 17.6 Å². The van der Waals surface area contributed by atoms with E-state index in [9.17, 15) is 19.8 Å². The fraction of sp³-hybridized carbons (Fsp3) is 0.240. The summed E-state index contributed by atoms with van der Waals surface area (Å²) < 4.78 is 11.7. The Morgan fingerprint density at radius 2 is 1.82 bits per heavy atom. The Bertz CT molecular complexity index is 1200. The predicted octanol–water partition coefficient (Wildman–Crippen LogP) is 4.49. The first kappa shape index (κ1) is 22.1. The average Bonchev–Trinajstić information content (AvgIpc) is 3.38. The highest BCUT2D eigenvalue weighted by atomic mass is 16.5. The number of rotatable bonds is 8. The van der Waals surface area contributed by atoms with Crippen LogP contribution in [0.25, 0.3) is 17.0 Å². The molecule has 0 fully saturated rings. The Morgan fingerprint density at radius 1 is 1.06 bits per heavy atom. The van der Waals surface area contributed by atoms with Crippen molar-refractivity contribution in [1.29, 1.82) is 0 Å². The lowest BCUT2D eigenvalue weighted by Crippen LogP contribution is -2.27. The van der Waals surface area contributed by atoms with E-state index in [0.717, 1.165) is 22.6 Å². The lowest BCUT2D eigenvalue weighted by Gasteiger charge is -2.12. The molecule has 1 amide bonds. The summed E-state index contributed by atoms with van der Waals surface area (Å²) in [6.07, 6.45) is -0.705. The van der Waals surface area contributed by atoms with E-state index in [1.807, 2.05) is 61.5 Å². The molecule has 33 heavy (non-hydrogen) atoms.